The van der Waals surface area contributed by atoms with Crippen molar-refractivity contribution in [3.8, 4) is 0 Å². The third-order valence-corrected chi connectivity index (χ3v) is 2.22. The molecule has 0 aromatic heterocycles. The van der Waals surface area contributed by atoms with Crippen molar-refractivity contribution in [2.45, 2.75) is 39.2 Å². The number of nitrogens with zero attached hydrogens (tertiary/aromatic N) is 1. The van der Waals surface area contributed by atoms with Gasteiger partial charge in [0.2, 0.25) is 0 Å². The zero-order valence-corrected chi connectivity index (χ0v) is 9.20. The molecule has 0 spiro atoms. The van der Waals surface area contributed by atoms with E-state index >= 15 is 0 Å². The summed E-state index contributed by atoms with van der Waals surface area (Å²) >= 11 is 0. The molecule has 0 rings (SSSR count). The number of carboxylic acid groups (broad SMARTS) is 1. The van der Waals surface area contributed by atoms with Crippen LogP contribution >= 0.6 is 0 Å². The molecule has 0 aromatic rings. The fourth-order valence-electron chi connectivity index (χ4n) is 1.36. The predicted octanol–water partition coefficient (Wildman–Crippen LogP) is 0.910. The number of carboxylic acids is 1. The average Bonchev–Trinajstić information content (AvgIpc) is 2.09. The first kappa shape index (κ1) is 13.4. The molecule has 0 saturated heterocycles. The van der Waals surface area contributed by atoms with Crippen LogP contribution in [0.2, 0.25) is 0 Å². The molecule has 84 valence electrons. The lowest BCUT2D eigenvalue weighted by Gasteiger charge is -2.25. The van der Waals surface area contributed by atoms with Crippen LogP contribution in [-0.4, -0.2) is 41.7 Å². The largest absolute Gasteiger partial charge is 0.481 e. The van der Waals surface area contributed by atoms with Gasteiger partial charge >= 0.3 is 5.97 Å². The topological polar surface area (TPSA) is 66.6 Å². The molecule has 14 heavy (non-hydrogen) atoms. The third-order valence-electron chi connectivity index (χ3n) is 2.22. The lowest BCUT2D eigenvalue weighted by Crippen LogP contribution is -2.33. The summed E-state index contributed by atoms with van der Waals surface area (Å²) in [6.07, 6.45) is 1.95. The number of hydrogen-bond donors (Lipinski definition) is 2. The normalized spacial score (nSPS) is 11.2. The Balaban J connectivity index is 3.67. The van der Waals surface area contributed by atoms with Crippen molar-refractivity contribution >= 4 is 5.97 Å². The molecule has 0 aliphatic carbocycles. The van der Waals surface area contributed by atoms with E-state index < -0.39 is 5.97 Å². The van der Waals surface area contributed by atoms with Gasteiger partial charge in [-0.1, -0.05) is 0 Å². The fourth-order valence-corrected chi connectivity index (χ4v) is 1.36. The van der Waals surface area contributed by atoms with Crippen LogP contribution in [0, 0.1) is 0 Å². The lowest BCUT2D eigenvalue weighted by molar-refractivity contribution is -0.137. The minimum absolute atomic E-state index is 0.256. The zero-order chi connectivity index (χ0) is 11.0. The fraction of sp³-hybridized carbons (Fsp3) is 0.900. The Morgan fingerprint density at radius 1 is 1.36 bits per heavy atom. The molecule has 4 nitrogen and oxygen atoms in total. The van der Waals surface area contributed by atoms with E-state index in [2.05, 4.69) is 18.7 Å². The summed E-state index contributed by atoms with van der Waals surface area (Å²) in [6.45, 7) is 6.76. The summed E-state index contributed by atoms with van der Waals surface area (Å²) in [5.41, 5.74) is 5.43. The maximum Gasteiger partial charge on any atom is 0.303 e. The van der Waals surface area contributed by atoms with Gasteiger partial charge in [0.15, 0.2) is 0 Å². The molecule has 0 unspecified atom stereocenters. The Hall–Kier alpha value is -0.610. The first-order chi connectivity index (χ1) is 6.57. The van der Waals surface area contributed by atoms with Crippen LogP contribution < -0.4 is 5.73 Å². The quantitative estimate of drug-likeness (QED) is 0.614. The number of nitrogens with two attached hydrogens (primary N) is 1. The molecular formula is C10H22N2O2. The molecular weight excluding hydrogens is 180 g/mol. The summed E-state index contributed by atoms with van der Waals surface area (Å²) in [4.78, 5) is 12.6. The lowest BCUT2D eigenvalue weighted by atomic mass is 10.2. The van der Waals surface area contributed by atoms with Gasteiger partial charge in [0.05, 0.1) is 0 Å². The van der Waals surface area contributed by atoms with E-state index in [-0.39, 0.29) is 6.42 Å². The van der Waals surface area contributed by atoms with Gasteiger partial charge in [0.1, 0.15) is 0 Å². The first-order valence-electron chi connectivity index (χ1n) is 5.23. The average molecular weight is 202 g/mol. The van der Waals surface area contributed by atoms with Crippen molar-refractivity contribution in [3.05, 3.63) is 0 Å². The molecule has 0 aliphatic heterocycles. The molecule has 0 fully saturated rings. The van der Waals surface area contributed by atoms with Crippen LogP contribution in [0.25, 0.3) is 0 Å². The second-order valence-electron chi connectivity index (χ2n) is 3.77. The van der Waals surface area contributed by atoms with Gasteiger partial charge < -0.3 is 15.7 Å². The van der Waals surface area contributed by atoms with Crippen LogP contribution in [0.3, 0.4) is 0 Å². The van der Waals surface area contributed by atoms with Crippen molar-refractivity contribution in [2.75, 3.05) is 19.6 Å². The molecule has 3 N–H and O–H groups in total. The number of hydrogen-bond acceptors (Lipinski definition) is 3. The first-order valence-corrected chi connectivity index (χ1v) is 5.23. The Morgan fingerprint density at radius 2 is 1.93 bits per heavy atom. The van der Waals surface area contributed by atoms with Crippen LogP contribution in [0.15, 0.2) is 0 Å². The molecule has 0 aliphatic rings. The van der Waals surface area contributed by atoms with Gasteiger partial charge in [-0.3, -0.25) is 4.79 Å². The summed E-state index contributed by atoms with van der Waals surface area (Å²) in [5.74, 6) is -0.715. The highest BCUT2D eigenvalue weighted by Crippen LogP contribution is 2.02. The van der Waals surface area contributed by atoms with E-state index in [1.807, 2.05) is 0 Å². The van der Waals surface area contributed by atoms with E-state index in [0.717, 1.165) is 25.9 Å². The highest BCUT2D eigenvalue weighted by atomic mass is 16.4. The van der Waals surface area contributed by atoms with Crippen molar-refractivity contribution in [3.63, 3.8) is 0 Å². The van der Waals surface area contributed by atoms with Crippen LogP contribution in [-0.2, 0) is 4.79 Å². The van der Waals surface area contributed by atoms with Crippen molar-refractivity contribution in [1.82, 2.24) is 4.90 Å². The monoisotopic (exact) mass is 202 g/mol. The van der Waals surface area contributed by atoms with E-state index in [0.29, 0.717) is 12.6 Å². The van der Waals surface area contributed by atoms with Crippen molar-refractivity contribution in [1.29, 1.82) is 0 Å². The molecule has 4 heteroatoms. The second kappa shape index (κ2) is 7.76. The molecule has 0 aromatic carbocycles. The van der Waals surface area contributed by atoms with Crippen LogP contribution in [0.4, 0.5) is 0 Å². The molecule has 0 saturated carbocycles. The Kier molecular flexibility index (Phi) is 7.42. The van der Waals surface area contributed by atoms with Crippen LogP contribution in [0.1, 0.15) is 33.1 Å². The van der Waals surface area contributed by atoms with Gasteiger partial charge in [0, 0.05) is 12.5 Å². The number of carbonyl (C=O) groups is 1. The summed E-state index contributed by atoms with van der Waals surface area (Å²) in [5, 5.41) is 8.50. The molecule has 0 radical (unpaired) electrons. The minimum Gasteiger partial charge on any atom is -0.481 e. The molecule has 0 atom stereocenters. The SMILES string of the molecule is CC(C)N(CCCN)CCCC(=O)O. The Bertz CT molecular complexity index is 160. The second-order valence-corrected chi connectivity index (χ2v) is 3.77. The summed E-state index contributed by atoms with van der Waals surface area (Å²) < 4.78 is 0. The Morgan fingerprint density at radius 3 is 2.36 bits per heavy atom. The van der Waals surface area contributed by atoms with E-state index in [4.69, 9.17) is 10.8 Å². The highest BCUT2D eigenvalue weighted by Gasteiger charge is 2.08. The van der Waals surface area contributed by atoms with Crippen molar-refractivity contribution < 1.29 is 9.90 Å². The smallest absolute Gasteiger partial charge is 0.303 e. The minimum atomic E-state index is -0.715. The van der Waals surface area contributed by atoms with Crippen molar-refractivity contribution in [2.24, 2.45) is 5.73 Å². The highest BCUT2D eigenvalue weighted by molar-refractivity contribution is 5.66. The van der Waals surface area contributed by atoms with E-state index in [1.165, 1.54) is 0 Å². The van der Waals surface area contributed by atoms with Gasteiger partial charge in [-0.05, 0) is 46.3 Å². The zero-order valence-electron chi connectivity index (χ0n) is 9.20. The van der Waals surface area contributed by atoms with Gasteiger partial charge in [0.25, 0.3) is 0 Å². The number of aliphatic carboxylic acids is 1. The van der Waals surface area contributed by atoms with Gasteiger partial charge in [-0.2, -0.15) is 0 Å². The standard InChI is InChI=1S/C10H22N2O2/c1-9(2)12(8-4-6-11)7-3-5-10(13)14/h9H,3-8,11H2,1-2H3,(H,13,14). The number of rotatable bonds is 8. The maximum absolute atomic E-state index is 10.3. The predicted molar refractivity (Wildman–Crippen MR) is 57.3 cm³/mol. The third kappa shape index (κ3) is 6.86. The van der Waals surface area contributed by atoms with E-state index in [1.54, 1.807) is 0 Å². The maximum atomic E-state index is 10.3. The Labute approximate surface area is 86.1 Å². The summed E-state index contributed by atoms with van der Waals surface area (Å²) in [7, 11) is 0. The van der Waals surface area contributed by atoms with Gasteiger partial charge in [-0.25, -0.2) is 0 Å². The van der Waals surface area contributed by atoms with E-state index in [9.17, 15) is 4.79 Å². The van der Waals surface area contributed by atoms with Gasteiger partial charge in [-0.15, -0.1) is 0 Å². The summed E-state index contributed by atoms with van der Waals surface area (Å²) in [6, 6.07) is 0.468. The molecule has 0 bridgehead atoms. The van der Waals surface area contributed by atoms with Crippen LogP contribution in [0.5, 0.6) is 0 Å². The molecule has 0 amide bonds. The molecule has 0 heterocycles.